The van der Waals surface area contributed by atoms with Crippen LogP contribution >= 0.6 is 0 Å². The predicted octanol–water partition coefficient (Wildman–Crippen LogP) is 0.612. The van der Waals surface area contributed by atoms with Crippen LogP contribution in [-0.2, 0) is 26.6 Å². The van der Waals surface area contributed by atoms with Crippen LogP contribution in [0.15, 0.2) is 10.9 Å². The average molecular weight is 235 g/mol. The quantitative estimate of drug-likeness (QED) is 0.835. The van der Waals surface area contributed by atoms with E-state index in [0.29, 0.717) is 6.54 Å². The molecular weight excluding hydrogens is 214 g/mol. The van der Waals surface area contributed by atoms with E-state index in [0.717, 1.165) is 31.6 Å². The number of pyridine rings is 1. The molecule has 0 aliphatic carbocycles. The van der Waals surface area contributed by atoms with Crippen molar-refractivity contribution in [2.24, 2.45) is 12.8 Å². The van der Waals surface area contributed by atoms with Gasteiger partial charge in [-0.15, -0.1) is 0 Å². The molecule has 2 N–H and O–H groups in total. The first-order chi connectivity index (χ1) is 8.17. The lowest BCUT2D eigenvalue weighted by molar-refractivity contribution is 0.250. The zero-order valence-electron chi connectivity index (χ0n) is 10.7. The van der Waals surface area contributed by atoms with Crippen LogP contribution in [0.3, 0.4) is 0 Å². The minimum absolute atomic E-state index is 0.0650. The molecule has 1 aromatic rings. The summed E-state index contributed by atoms with van der Waals surface area (Å²) in [6.45, 7) is 5.65. The summed E-state index contributed by atoms with van der Waals surface area (Å²) >= 11 is 0. The third-order valence-electron chi connectivity index (χ3n) is 3.52. The second kappa shape index (κ2) is 5.02. The topological polar surface area (TPSA) is 51.3 Å². The van der Waals surface area contributed by atoms with Crippen molar-refractivity contribution < 1.29 is 0 Å². The summed E-state index contributed by atoms with van der Waals surface area (Å²) in [6.07, 6.45) is 2.14. The Morgan fingerprint density at radius 3 is 2.88 bits per heavy atom. The molecular formula is C13H21N3O. The molecule has 4 heteroatoms. The minimum Gasteiger partial charge on any atom is -0.326 e. The van der Waals surface area contributed by atoms with Crippen LogP contribution in [0.2, 0.25) is 0 Å². The van der Waals surface area contributed by atoms with Crippen molar-refractivity contribution >= 4 is 0 Å². The number of nitrogens with two attached hydrogens (primary N) is 1. The van der Waals surface area contributed by atoms with E-state index in [1.54, 1.807) is 4.57 Å². The molecule has 2 rings (SSSR count). The van der Waals surface area contributed by atoms with E-state index >= 15 is 0 Å². The number of aromatic nitrogens is 1. The van der Waals surface area contributed by atoms with Crippen molar-refractivity contribution in [1.82, 2.24) is 9.47 Å². The molecule has 0 fully saturated rings. The van der Waals surface area contributed by atoms with E-state index in [1.807, 2.05) is 13.1 Å². The normalized spacial score (nSPS) is 15.9. The second-order valence-corrected chi connectivity index (χ2v) is 4.74. The van der Waals surface area contributed by atoms with Gasteiger partial charge in [-0.05, 0) is 24.6 Å². The van der Waals surface area contributed by atoms with Gasteiger partial charge in [0.05, 0.1) is 0 Å². The molecule has 0 aromatic carbocycles. The lowest BCUT2D eigenvalue weighted by Crippen LogP contribution is -2.36. The summed E-state index contributed by atoms with van der Waals surface area (Å²) in [5.41, 5.74) is 8.86. The molecule has 17 heavy (non-hydrogen) atoms. The van der Waals surface area contributed by atoms with E-state index < -0.39 is 0 Å². The van der Waals surface area contributed by atoms with Gasteiger partial charge in [-0.2, -0.15) is 0 Å². The maximum Gasteiger partial charge on any atom is 0.254 e. The third-order valence-corrected chi connectivity index (χ3v) is 3.52. The lowest BCUT2D eigenvalue weighted by Gasteiger charge is -2.29. The van der Waals surface area contributed by atoms with E-state index in [-0.39, 0.29) is 5.56 Å². The molecule has 1 aliphatic rings. The Morgan fingerprint density at radius 2 is 2.24 bits per heavy atom. The Morgan fingerprint density at radius 1 is 1.47 bits per heavy atom. The van der Waals surface area contributed by atoms with Crippen LogP contribution in [0.4, 0.5) is 0 Å². The Bertz CT molecular complexity index is 464. The van der Waals surface area contributed by atoms with E-state index in [1.165, 1.54) is 17.7 Å². The summed E-state index contributed by atoms with van der Waals surface area (Å²) in [7, 11) is 1.86. The standard InChI is InChI=1S/C13H21N3O/c1-3-5-16-6-4-12-11(9-16)7-10(8-14)13(17)15(12)2/h7H,3-6,8-9,14H2,1-2H3. The number of rotatable bonds is 3. The fraction of sp³-hybridized carbons (Fsp3) is 0.615. The molecule has 94 valence electrons. The molecule has 4 nitrogen and oxygen atoms in total. The molecule has 1 aliphatic heterocycles. The molecule has 0 spiro atoms. The number of fused-ring (bicyclic) bond motifs is 1. The molecule has 0 saturated heterocycles. The Kier molecular flexibility index (Phi) is 3.64. The van der Waals surface area contributed by atoms with Crippen molar-refractivity contribution in [1.29, 1.82) is 0 Å². The molecule has 0 amide bonds. The van der Waals surface area contributed by atoms with Gasteiger partial charge in [0.1, 0.15) is 0 Å². The van der Waals surface area contributed by atoms with Gasteiger partial charge in [-0.25, -0.2) is 0 Å². The van der Waals surface area contributed by atoms with Crippen molar-refractivity contribution in [3.8, 4) is 0 Å². The fourth-order valence-corrected chi connectivity index (χ4v) is 2.61. The van der Waals surface area contributed by atoms with Gasteiger partial charge < -0.3 is 10.3 Å². The molecule has 0 unspecified atom stereocenters. The van der Waals surface area contributed by atoms with Crippen LogP contribution in [-0.4, -0.2) is 22.6 Å². The fourth-order valence-electron chi connectivity index (χ4n) is 2.61. The highest BCUT2D eigenvalue weighted by atomic mass is 16.1. The first-order valence-corrected chi connectivity index (χ1v) is 6.30. The highest BCUT2D eigenvalue weighted by molar-refractivity contribution is 5.28. The van der Waals surface area contributed by atoms with Gasteiger partial charge in [-0.3, -0.25) is 9.69 Å². The average Bonchev–Trinajstić information content (AvgIpc) is 2.34. The first-order valence-electron chi connectivity index (χ1n) is 6.30. The monoisotopic (exact) mass is 235 g/mol. The van der Waals surface area contributed by atoms with Gasteiger partial charge in [0.15, 0.2) is 0 Å². The van der Waals surface area contributed by atoms with Gasteiger partial charge in [-0.1, -0.05) is 6.92 Å². The van der Waals surface area contributed by atoms with Gasteiger partial charge in [0.25, 0.3) is 5.56 Å². The summed E-state index contributed by atoms with van der Waals surface area (Å²) in [6, 6.07) is 2.00. The summed E-state index contributed by atoms with van der Waals surface area (Å²) in [4.78, 5) is 14.4. The largest absolute Gasteiger partial charge is 0.326 e. The minimum atomic E-state index is 0.0650. The van der Waals surface area contributed by atoms with Crippen molar-refractivity contribution in [2.45, 2.75) is 32.9 Å². The highest BCUT2D eigenvalue weighted by Crippen LogP contribution is 2.18. The zero-order valence-corrected chi connectivity index (χ0v) is 10.7. The second-order valence-electron chi connectivity index (χ2n) is 4.74. The van der Waals surface area contributed by atoms with Crippen molar-refractivity contribution in [3.63, 3.8) is 0 Å². The molecule has 2 heterocycles. The lowest BCUT2D eigenvalue weighted by atomic mass is 10.0. The Balaban J connectivity index is 2.38. The van der Waals surface area contributed by atoms with Crippen LogP contribution in [0.25, 0.3) is 0 Å². The molecule has 0 atom stereocenters. The zero-order chi connectivity index (χ0) is 12.4. The van der Waals surface area contributed by atoms with Crippen LogP contribution in [0, 0.1) is 0 Å². The maximum absolute atomic E-state index is 11.9. The summed E-state index contributed by atoms with van der Waals surface area (Å²) in [5, 5.41) is 0. The summed E-state index contributed by atoms with van der Waals surface area (Å²) in [5.74, 6) is 0. The Labute approximate surface area is 102 Å². The van der Waals surface area contributed by atoms with Gasteiger partial charge >= 0.3 is 0 Å². The predicted molar refractivity (Wildman–Crippen MR) is 68.8 cm³/mol. The number of hydrogen-bond donors (Lipinski definition) is 1. The van der Waals surface area contributed by atoms with Crippen molar-refractivity contribution in [2.75, 3.05) is 13.1 Å². The molecule has 0 saturated carbocycles. The maximum atomic E-state index is 11.9. The highest BCUT2D eigenvalue weighted by Gasteiger charge is 2.19. The number of nitrogens with zero attached hydrogens (tertiary/aromatic N) is 2. The number of hydrogen-bond acceptors (Lipinski definition) is 3. The van der Waals surface area contributed by atoms with Crippen LogP contribution in [0.1, 0.15) is 30.2 Å². The third kappa shape index (κ3) is 2.28. The molecule has 1 aromatic heterocycles. The summed E-state index contributed by atoms with van der Waals surface area (Å²) < 4.78 is 1.78. The van der Waals surface area contributed by atoms with Crippen molar-refractivity contribution in [3.05, 3.63) is 33.2 Å². The van der Waals surface area contributed by atoms with E-state index in [2.05, 4.69) is 11.8 Å². The van der Waals surface area contributed by atoms with Gasteiger partial charge in [0, 0.05) is 44.4 Å². The SMILES string of the molecule is CCCN1CCc2c(cc(CN)c(=O)n2C)C1. The molecule has 0 bridgehead atoms. The molecule has 0 radical (unpaired) electrons. The van der Waals surface area contributed by atoms with Gasteiger partial charge in [0.2, 0.25) is 0 Å². The van der Waals surface area contributed by atoms with E-state index in [4.69, 9.17) is 5.73 Å². The van der Waals surface area contributed by atoms with E-state index in [9.17, 15) is 4.79 Å². The Hall–Kier alpha value is -1.13. The van der Waals surface area contributed by atoms with Crippen LogP contribution < -0.4 is 11.3 Å². The van der Waals surface area contributed by atoms with Crippen LogP contribution in [0.5, 0.6) is 0 Å². The smallest absolute Gasteiger partial charge is 0.254 e. The first kappa shape index (κ1) is 12.3.